The van der Waals surface area contributed by atoms with Crippen LogP contribution in [-0.2, 0) is 0 Å². The van der Waals surface area contributed by atoms with Crippen LogP contribution in [0, 0.1) is 12.7 Å². The van der Waals surface area contributed by atoms with Crippen molar-refractivity contribution in [3.8, 4) is 10.4 Å². The van der Waals surface area contributed by atoms with E-state index in [1.165, 1.54) is 23.5 Å². The fourth-order valence-electron chi connectivity index (χ4n) is 2.97. The molecule has 4 nitrogen and oxygen atoms in total. The molecule has 4 N–H and O–H groups in total. The molecular weight excluding hydrogens is 361 g/mol. The van der Waals surface area contributed by atoms with Crippen molar-refractivity contribution in [3.05, 3.63) is 77.6 Å². The SMILES string of the molecule is Cc1ccccc1NC(=O)c1c(-c2ccc(F)cc2)sc2[nH+]c(N)ccc12. The fourth-order valence-corrected chi connectivity index (χ4v) is 4.18. The Labute approximate surface area is 159 Å². The lowest BCUT2D eigenvalue weighted by Gasteiger charge is -2.09. The van der Waals surface area contributed by atoms with Crippen LogP contribution >= 0.6 is 11.3 Å². The van der Waals surface area contributed by atoms with E-state index in [9.17, 15) is 9.18 Å². The van der Waals surface area contributed by atoms with Gasteiger partial charge in [0, 0.05) is 17.1 Å². The number of halogens is 1. The van der Waals surface area contributed by atoms with Gasteiger partial charge in [0.15, 0.2) is 4.83 Å². The lowest BCUT2D eigenvalue weighted by Crippen LogP contribution is -2.14. The molecule has 0 aliphatic heterocycles. The zero-order chi connectivity index (χ0) is 19.0. The molecule has 0 atom stereocenters. The highest BCUT2D eigenvalue weighted by atomic mass is 32.1. The molecule has 0 saturated carbocycles. The smallest absolute Gasteiger partial charge is 0.271 e. The van der Waals surface area contributed by atoms with Crippen LogP contribution < -0.4 is 16.0 Å². The van der Waals surface area contributed by atoms with Gasteiger partial charge >= 0.3 is 0 Å². The van der Waals surface area contributed by atoms with Gasteiger partial charge in [0.2, 0.25) is 0 Å². The number of aryl methyl sites for hydroxylation is 1. The molecule has 2 aromatic heterocycles. The normalized spacial score (nSPS) is 10.9. The number of hydrogen-bond donors (Lipinski definition) is 2. The number of aromatic nitrogens is 1. The molecule has 0 radical (unpaired) electrons. The van der Waals surface area contributed by atoms with E-state index in [4.69, 9.17) is 5.73 Å². The molecule has 6 heteroatoms. The van der Waals surface area contributed by atoms with Crippen molar-refractivity contribution in [1.29, 1.82) is 0 Å². The number of para-hydroxylation sites is 1. The van der Waals surface area contributed by atoms with Gasteiger partial charge in [0.25, 0.3) is 11.7 Å². The minimum Gasteiger partial charge on any atom is -0.322 e. The van der Waals surface area contributed by atoms with E-state index in [0.29, 0.717) is 11.4 Å². The van der Waals surface area contributed by atoms with Crippen LogP contribution in [0.1, 0.15) is 15.9 Å². The number of aromatic amines is 1. The average Bonchev–Trinajstić information content (AvgIpc) is 3.02. The number of carbonyl (C=O) groups is 1. The molecule has 0 fully saturated rings. The Kier molecular flexibility index (Phi) is 4.33. The number of rotatable bonds is 3. The third-order valence-electron chi connectivity index (χ3n) is 4.36. The summed E-state index contributed by atoms with van der Waals surface area (Å²) < 4.78 is 13.4. The van der Waals surface area contributed by atoms with Crippen LogP contribution in [0.5, 0.6) is 0 Å². The second kappa shape index (κ2) is 6.81. The summed E-state index contributed by atoms with van der Waals surface area (Å²) >= 11 is 1.42. The number of amides is 1. The molecule has 0 aliphatic carbocycles. The van der Waals surface area contributed by atoms with E-state index in [-0.39, 0.29) is 11.7 Å². The Balaban J connectivity index is 1.87. The first-order valence-electron chi connectivity index (χ1n) is 8.40. The number of carbonyl (C=O) groups excluding carboxylic acids is 1. The van der Waals surface area contributed by atoms with Gasteiger partial charge in [0.05, 0.1) is 10.4 Å². The molecule has 0 aliphatic rings. The van der Waals surface area contributed by atoms with Crippen LogP contribution in [0.2, 0.25) is 0 Å². The van der Waals surface area contributed by atoms with E-state index in [1.807, 2.05) is 37.3 Å². The van der Waals surface area contributed by atoms with Gasteiger partial charge in [-0.3, -0.25) is 10.5 Å². The van der Waals surface area contributed by atoms with E-state index in [2.05, 4.69) is 10.3 Å². The van der Waals surface area contributed by atoms with Gasteiger partial charge in [-0.05, 0) is 42.3 Å². The molecule has 1 amide bonds. The van der Waals surface area contributed by atoms with E-state index in [1.54, 1.807) is 18.2 Å². The van der Waals surface area contributed by atoms with Crippen molar-refractivity contribution in [2.75, 3.05) is 11.1 Å². The summed E-state index contributed by atoms with van der Waals surface area (Å²) in [5.41, 5.74) is 8.91. The number of nitrogens with one attached hydrogen (secondary N) is 2. The maximum atomic E-state index is 13.4. The first-order chi connectivity index (χ1) is 13.0. The monoisotopic (exact) mass is 378 g/mol. The van der Waals surface area contributed by atoms with Gasteiger partial charge in [-0.1, -0.05) is 41.7 Å². The molecule has 134 valence electrons. The topological polar surface area (TPSA) is 69.3 Å². The summed E-state index contributed by atoms with van der Waals surface area (Å²) in [5.74, 6) is -0.0186. The molecule has 4 rings (SSSR count). The fraction of sp³-hybridized carbons (Fsp3) is 0.0476. The Morgan fingerprint density at radius 2 is 1.81 bits per heavy atom. The van der Waals surface area contributed by atoms with Gasteiger partial charge in [-0.15, -0.1) is 0 Å². The summed E-state index contributed by atoms with van der Waals surface area (Å²) in [7, 11) is 0. The summed E-state index contributed by atoms with van der Waals surface area (Å²) in [6.07, 6.45) is 0. The minimum atomic E-state index is -0.318. The first-order valence-corrected chi connectivity index (χ1v) is 9.22. The largest absolute Gasteiger partial charge is 0.322 e. The Morgan fingerprint density at radius 1 is 1.07 bits per heavy atom. The third-order valence-corrected chi connectivity index (χ3v) is 5.53. The number of fused-ring (bicyclic) bond motifs is 1. The third kappa shape index (κ3) is 3.27. The number of pyridine rings is 1. The average molecular weight is 378 g/mol. The number of nitrogens with two attached hydrogens (primary N) is 1. The van der Waals surface area contributed by atoms with Crippen LogP contribution in [-0.4, -0.2) is 5.91 Å². The Hall–Kier alpha value is -3.25. The van der Waals surface area contributed by atoms with E-state index >= 15 is 0 Å². The summed E-state index contributed by atoms with van der Waals surface area (Å²) in [4.78, 5) is 17.8. The summed E-state index contributed by atoms with van der Waals surface area (Å²) in [6.45, 7) is 1.94. The molecule has 0 saturated heterocycles. The molecule has 2 aromatic carbocycles. The lowest BCUT2D eigenvalue weighted by atomic mass is 10.1. The molecule has 4 aromatic rings. The van der Waals surface area contributed by atoms with E-state index < -0.39 is 0 Å². The predicted molar refractivity (Wildman–Crippen MR) is 107 cm³/mol. The predicted octanol–water partition coefficient (Wildman–Crippen LogP) is 4.66. The summed E-state index contributed by atoms with van der Waals surface area (Å²) in [5, 5.41) is 3.77. The van der Waals surface area contributed by atoms with Crippen molar-refractivity contribution in [3.63, 3.8) is 0 Å². The zero-order valence-electron chi connectivity index (χ0n) is 14.5. The number of H-pyrrole nitrogens is 1. The highest BCUT2D eigenvalue weighted by Crippen LogP contribution is 2.37. The Morgan fingerprint density at radius 3 is 2.56 bits per heavy atom. The second-order valence-electron chi connectivity index (χ2n) is 6.24. The number of anilines is 2. The van der Waals surface area contributed by atoms with Crippen LogP contribution in [0.4, 0.5) is 15.9 Å². The second-order valence-corrected chi connectivity index (χ2v) is 7.26. The summed E-state index contributed by atoms with van der Waals surface area (Å²) in [6, 6.07) is 17.3. The van der Waals surface area contributed by atoms with Crippen LogP contribution in [0.3, 0.4) is 0 Å². The van der Waals surface area contributed by atoms with Gasteiger partial charge in [-0.2, -0.15) is 0 Å². The lowest BCUT2D eigenvalue weighted by molar-refractivity contribution is -0.323. The van der Waals surface area contributed by atoms with Crippen molar-refractivity contribution in [1.82, 2.24) is 0 Å². The molecule has 27 heavy (non-hydrogen) atoms. The van der Waals surface area contributed by atoms with Crippen LogP contribution in [0.25, 0.3) is 20.7 Å². The molecule has 2 heterocycles. The van der Waals surface area contributed by atoms with Crippen molar-refractivity contribution < 1.29 is 14.2 Å². The Bertz CT molecular complexity index is 1150. The van der Waals surface area contributed by atoms with Gasteiger partial charge < -0.3 is 5.32 Å². The van der Waals surface area contributed by atoms with Crippen molar-refractivity contribution in [2.24, 2.45) is 0 Å². The number of thiophene rings is 1. The zero-order valence-corrected chi connectivity index (χ0v) is 15.4. The van der Waals surface area contributed by atoms with Gasteiger partial charge in [0.1, 0.15) is 5.82 Å². The van der Waals surface area contributed by atoms with Crippen molar-refractivity contribution in [2.45, 2.75) is 6.92 Å². The number of benzene rings is 2. The highest BCUT2D eigenvalue weighted by molar-refractivity contribution is 7.22. The number of hydrogen-bond acceptors (Lipinski definition) is 3. The molecule has 0 spiro atoms. The molecule has 0 unspecified atom stereocenters. The number of nitrogen functional groups attached to an aromatic ring is 1. The van der Waals surface area contributed by atoms with Crippen molar-refractivity contribution >= 4 is 39.0 Å². The van der Waals surface area contributed by atoms with Crippen LogP contribution in [0.15, 0.2) is 60.7 Å². The quantitative estimate of drug-likeness (QED) is 0.544. The molecular formula is C21H17FN3OS+. The highest BCUT2D eigenvalue weighted by Gasteiger charge is 2.23. The first kappa shape index (κ1) is 17.2. The van der Waals surface area contributed by atoms with Gasteiger partial charge in [-0.25, -0.2) is 9.37 Å². The standard InChI is InChI=1S/C21H16FN3OS/c1-12-4-2-3-5-16(12)24-20(26)18-15-10-11-17(23)25-21(15)27-19(18)13-6-8-14(22)9-7-13/h2-11H,1H3,(H2,23,25)(H,24,26)/p+1. The maximum Gasteiger partial charge on any atom is 0.271 e. The minimum absolute atomic E-state index is 0.215. The maximum absolute atomic E-state index is 13.4. The van der Waals surface area contributed by atoms with E-state index in [0.717, 1.165) is 31.9 Å². The molecule has 0 bridgehead atoms.